The van der Waals surface area contributed by atoms with Gasteiger partial charge in [-0.25, -0.2) is 4.79 Å². The van der Waals surface area contributed by atoms with Crippen LogP contribution in [0.5, 0.6) is 5.75 Å². The average Bonchev–Trinajstić information content (AvgIpc) is 3.41. The molecule has 7 nitrogen and oxygen atoms in total. The molecule has 38 heavy (non-hydrogen) atoms. The van der Waals surface area contributed by atoms with Crippen LogP contribution in [-0.4, -0.2) is 44.0 Å². The number of fused-ring (bicyclic) bond motifs is 1. The smallest absolute Gasteiger partial charge is 0.337 e. The number of hydrogen-bond donors (Lipinski definition) is 3. The Hall–Kier alpha value is -3.47. The van der Waals surface area contributed by atoms with Crippen molar-refractivity contribution in [1.82, 2.24) is 0 Å². The van der Waals surface area contributed by atoms with E-state index in [1.54, 1.807) is 7.11 Å². The normalized spacial score (nSPS) is 16.6. The maximum atomic E-state index is 13.5. The molecule has 0 saturated carbocycles. The SMILES string of the molecule is CCN1/C(=C\C=N)C(C)(Cc2ccc(F)s2)c2cc(OC)ccc21.COC(=O)c1ccc(C(=N)O)cc1.[Co]. The minimum Gasteiger partial charge on any atom is -0.497 e. The number of nitrogens with one attached hydrogen (secondary N) is 2. The van der Waals surface area contributed by atoms with Gasteiger partial charge in [-0.15, -0.1) is 11.3 Å². The summed E-state index contributed by atoms with van der Waals surface area (Å²) in [5.41, 5.74) is 3.79. The van der Waals surface area contributed by atoms with Crippen molar-refractivity contribution in [2.75, 3.05) is 25.7 Å². The molecule has 1 unspecified atom stereocenters. The van der Waals surface area contributed by atoms with Gasteiger partial charge in [0, 0.05) is 56.8 Å². The van der Waals surface area contributed by atoms with Crippen molar-refractivity contribution < 1.29 is 40.5 Å². The third kappa shape index (κ3) is 6.50. The molecule has 1 aromatic heterocycles. The molecule has 10 heteroatoms. The van der Waals surface area contributed by atoms with Crippen molar-refractivity contribution in [3.8, 4) is 5.75 Å². The van der Waals surface area contributed by atoms with Crippen molar-refractivity contribution in [3.05, 3.63) is 93.1 Å². The van der Waals surface area contributed by atoms with Crippen molar-refractivity contribution in [2.24, 2.45) is 0 Å². The largest absolute Gasteiger partial charge is 0.497 e. The number of rotatable bonds is 7. The first-order chi connectivity index (χ1) is 17.7. The van der Waals surface area contributed by atoms with Gasteiger partial charge in [-0.2, -0.15) is 4.39 Å². The number of anilines is 1. The second-order valence-corrected chi connectivity index (χ2v) is 9.60. The van der Waals surface area contributed by atoms with Gasteiger partial charge < -0.3 is 24.9 Å². The van der Waals surface area contributed by atoms with Crippen LogP contribution < -0.4 is 9.64 Å². The Morgan fingerprint density at radius 2 is 1.79 bits per heavy atom. The third-order valence-corrected chi connectivity index (χ3v) is 7.11. The molecule has 0 aliphatic carbocycles. The van der Waals surface area contributed by atoms with Crippen LogP contribution in [-0.2, 0) is 33.4 Å². The first kappa shape index (κ1) is 30.7. The molecule has 0 saturated heterocycles. The van der Waals surface area contributed by atoms with Crippen LogP contribution in [0.2, 0.25) is 0 Å². The second-order valence-electron chi connectivity index (χ2n) is 8.48. The average molecular weight is 583 g/mol. The van der Waals surface area contributed by atoms with E-state index in [1.165, 1.54) is 55.0 Å². The predicted octanol–water partition coefficient (Wildman–Crippen LogP) is 6.12. The summed E-state index contributed by atoms with van der Waals surface area (Å²) in [6.45, 7) is 5.07. The number of thiophene rings is 1. The third-order valence-electron chi connectivity index (χ3n) is 6.24. The Labute approximate surface area is 236 Å². The van der Waals surface area contributed by atoms with E-state index in [0.717, 1.165) is 34.1 Å². The van der Waals surface area contributed by atoms with Crippen LogP contribution in [0.1, 0.15) is 40.2 Å². The van der Waals surface area contributed by atoms with Crippen LogP contribution in [0.15, 0.2) is 66.4 Å². The van der Waals surface area contributed by atoms with Gasteiger partial charge in [-0.1, -0.05) is 0 Å². The molecule has 2 aromatic carbocycles. The number of esters is 1. The maximum absolute atomic E-state index is 13.5. The van der Waals surface area contributed by atoms with E-state index < -0.39 is 11.9 Å². The Balaban J connectivity index is 0.000000309. The van der Waals surface area contributed by atoms with Gasteiger partial charge in [0.25, 0.3) is 0 Å². The number of methoxy groups -OCH3 is 2. The molecular weight excluding hydrogens is 552 g/mol. The number of benzene rings is 2. The summed E-state index contributed by atoms with van der Waals surface area (Å²) >= 11 is 1.19. The number of nitrogens with zero attached hydrogens (tertiary/aromatic N) is 1. The summed E-state index contributed by atoms with van der Waals surface area (Å²) in [4.78, 5) is 14.2. The maximum Gasteiger partial charge on any atom is 0.337 e. The number of ether oxygens (including phenoxy) is 2. The number of likely N-dealkylation sites (N-methyl/N-ethyl adjacent to an activating group) is 1. The number of hydrogen-bond acceptors (Lipinski definition) is 7. The molecule has 1 aliphatic rings. The molecule has 4 rings (SSSR count). The molecule has 203 valence electrons. The molecule has 0 spiro atoms. The van der Waals surface area contributed by atoms with Crippen LogP contribution >= 0.6 is 11.3 Å². The topological polar surface area (TPSA) is 107 Å². The Kier molecular flexibility index (Phi) is 10.8. The minimum absolute atomic E-state index is 0. The standard InChI is InChI=1S/C19H21FN2OS.C9H9NO3.Co/c1-4-22-16-7-5-13(23-3)11-15(16)19(2,17(22)9-10-21)12-14-6-8-18(20)24-14;1-13-9(12)7-4-2-6(3-5-7)8(10)11;/h5-11,21H,4,12H2,1-3H3;2-5H,1H3,(H2,10,11);/b17-9-,21-10?;;. The molecule has 1 atom stereocenters. The van der Waals surface area contributed by atoms with Crippen molar-refractivity contribution in [2.45, 2.75) is 25.7 Å². The van der Waals surface area contributed by atoms with Crippen LogP contribution in [0.3, 0.4) is 0 Å². The predicted molar refractivity (Wildman–Crippen MR) is 145 cm³/mol. The molecule has 1 aliphatic heterocycles. The summed E-state index contributed by atoms with van der Waals surface area (Å²) in [6, 6.07) is 15.4. The fraction of sp³-hybridized carbons (Fsp3) is 0.250. The summed E-state index contributed by atoms with van der Waals surface area (Å²) in [5, 5.41) is 23.1. The van der Waals surface area contributed by atoms with E-state index in [0.29, 0.717) is 17.5 Å². The van der Waals surface area contributed by atoms with Crippen LogP contribution in [0, 0.1) is 15.9 Å². The van der Waals surface area contributed by atoms with E-state index >= 15 is 0 Å². The van der Waals surface area contributed by atoms with Gasteiger partial charge in [0.1, 0.15) is 5.75 Å². The molecule has 0 amide bonds. The zero-order valence-electron chi connectivity index (χ0n) is 21.5. The first-order valence-electron chi connectivity index (χ1n) is 11.6. The summed E-state index contributed by atoms with van der Waals surface area (Å²) in [7, 11) is 2.96. The summed E-state index contributed by atoms with van der Waals surface area (Å²) in [5.74, 6) is -0.142. The van der Waals surface area contributed by atoms with Gasteiger partial charge >= 0.3 is 5.97 Å². The van der Waals surface area contributed by atoms with E-state index in [2.05, 4.69) is 35.6 Å². The molecular formula is C28H30CoFN3O4S. The summed E-state index contributed by atoms with van der Waals surface area (Å²) in [6.07, 6.45) is 3.87. The van der Waals surface area contributed by atoms with Crippen molar-refractivity contribution in [3.63, 3.8) is 0 Å². The van der Waals surface area contributed by atoms with Crippen molar-refractivity contribution in [1.29, 1.82) is 10.8 Å². The number of aliphatic hydroxyl groups excluding tert-OH is 1. The van der Waals surface area contributed by atoms with E-state index in [4.69, 9.17) is 20.7 Å². The van der Waals surface area contributed by atoms with Crippen LogP contribution in [0.25, 0.3) is 0 Å². The number of carbonyl (C=O) groups is 1. The molecule has 2 heterocycles. The molecule has 1 radical (unpaired) electrons. The van der Waals surface area contributed by atoms with Gasteiger partial charge in [-0.3, -0.25) is 5.41 Å². The summed E-state index contributed by atoms with van der Waals surface area (Å²) < 4.78 is 23.4. The number of carbonyl (C=O) groups excluding carboxylic acids is 1. The molecule has 3 N–H and O–H groups in total. The Bertz CT molecular complexity index is 1330. The second kappa shape index (κ2) is 13.4. The molecule has 0 bridgehead atoms. The number of aliphatic hydroxyl groups is 1. The van der Waals surface area contributed by atoms with Crippen LogP contribution in [0.4, 0.5) is 10.1 Å². The quantitative estimate of drug-likeness (QED) is 0.177. The molecule has 0 fully saturated rings. The Morgan fingerprint density at radius 1 is 1.13 bits per heavy atom. The minimum atomic E-state index is -0.517. The number of allylic oxidation sites excluding steroid dienone is 2. The van der Waals surface area contributed by atoms with Gasteiger partial charge in [-0.05, 0) is 86.5 Å². The first-order valence-corrected chi connectivity index (χ1v) is 12.4. The molecule has 3 aromatic rings. The van der Waals surface area contributed by atoms with E-state index in [1.807, 2.05) is 18.2 Å². The zero-order chi connectivity index (χ0) is 27.2. The van der Waals surface area contributed by atoms with E-state index in [-0.39, 0.29) is 27.3 Å². The van der Waals surface area contributed by atoms with Gasteiger partial charge in [0.15, 0.2) is 5.13 Å². The fourth-order valence-electron chi connectivity index (χ4n) is 4.44. The number of halogens is 1. The van der Waals surface area contributed by atoms with Gasteiger partial charge in [0.2, 0.25) is 5.90 Å². The van der Waals surface area contributed by atoms with E-state index in [9.17, 15) is 9.18 Å². The fourth-order valence-corrected chi connectivity index (χ4v) is 5.33. The van der Waals surface area contributed by atoms with Gasteiger partial charge in [0.05, 0.1) is 19.8 Å². The zero-order valence-corrected chi connectivity index (χ0v) is 23.4. The Morgan fingerprint density at radius 3 is 2.29 bits per heavy atom. The van der Waals surface area contributed by atoms with Crippen molar-refractivity contribution >= 4 is 35.1 Å². The monoisotopic (exact) mass is 582 g/mol.